The zero-order valence-corrected chi connectivity index (χ0v) is 12.6. The molecule has 0 radical (unpaired) electrons. The Kier molecular flexibility index (Phi) is 5.34. The van der Waals surface area contributed by atoms with Crippen LogP contribution in [0.2, 0.25) is 0 Å². The highest BCUT2D eigenvalue weighted by molar-refractivity contribution is 7.89. The first kappa shape index (κ1) is 16.0. The van der Waals surface area contributed by atoms with Gasteiger partial charge in [-0.25, -0.2) is 12.8 Å². The Morgan fingerprint density at radius 3 is 2.43 bits per heavy atom. The SMILES string of the molecule is NCC#Cc1ccc(S(=O)(=O)N2CCCCCC2)c(F)c1. The minimum absolute atomic E-state index is 0.176. The van der Waals surface area contributed by atoms with Crippen LogP contribution in [0.3, 0.4) is 0 Å². The highest BCUT2D eigenvalue weighted by Gasteiger charge is 2.27. The highest BCUT2D eigenvalue weighted by Crippen LogP contribution is 2.23. The average molecular weight is 310 g/mol. The summed E-state index contributed by atoms with van der Waals surface area (Å²) < 4.78 is 40.5. The van der Waals surface area contributed by atoms with Crippen molar-refractivity contribution < 1.29 is 12.8 Å². The van der Waals surface area contributed by atoms with E-state index in [1.165, 1.54) is 16.4 Å². The van der Waals surface area contributed by atoms with Gasteiger partial charge in [0.1, 0.15) is 10.7 Å². The van der Waals surface area contributed by atoms with E-state index in [-0.39, 0.29) is 11.4 Å². The van der Waals surface area contributed by atoms with E-state index in [1.807, 2.05) is 0 Å². The first-order valence-electron chi connectivity index (χ1n) is 7.04. The quantitative estimate of drug-likeness (QED) is 0.846. The summed E-state index contributed by atoms with van der Waals surface area (Å²) in [4.78, 5) is -0.275. The van der Waals surface area contributed by atoms with E-state index in [0.29, 0.717) is 18.7 Å². The fourth-order valence-electron chi connectivity index (χ4n) is 2.36. The van der Waals surface area contributed by atoms with Gasteiger partial charge >= 0.3 is 0 Å². The molecule has 21 heavy (non-hydrogen) atoms. The smallest absolute Gasteiger partial charge is 0.245 e. The Bertz CT molecular complexity index is 654. The van der Waals surface area contributed by atoms with Crippen LogP contribution in [-0.4, -0.2) is 32.4 Å². The molecular weight excluding hydrogens is 291 g/mol. The average Bonchev–Trinajstić information content (AvgIpc) is 2.74. The van der Waals surface area contributed by atoms with E-state index in [1.54, 1.807) is 0 Å². The number of hydrogen-bond donors (Lipinski definition) is 1. The first-order chi connectivity index (χ1) is 10.1. The number of sulfonamides is 1. The van der Waals surface area contributed by atoms with E-state index in [0.717, 1.165) is 31.7 Å². The second kappa shape index (κ2) is 7.03. The van der Waals surface area contributed by atoms with Gasteiger partial charge in [-0.2, -0.15) is 4.31 Å². The molecule has 1 aromatic carbocycles. The lowest BCUT2D eigenvalue weighted by Gasteiger charge is -2.20. The summed E-state index contributed by atoms with van der Waals surface area (Å²) in [6.07, 6.45) is 3.67. The molecular formula is C15H19FN2O2S. The predicted molar refractivity (Wildman–Crippen MR) is 79.6 cm³/mol. The maximum absolute atomic E-state index is 14.1. The monoisotopic (exact) mass is 310 g/mol. The van der Waals surface area contributed by atoms with E-state index < -0.39 is 15.8 Å². The Labute approximate surface area is 125 Å². The minimum atomic E-state index is -3.77. The van der Waals surface area contributed by atoms with Crippen LogP contribution < -0.4 is 5.73 Å². The van der Waals surface area contributed by atoms with Crippen molar-refractivity contribution in [2.24, 2.45) is 5.73 Å². The number of nitrogens with two attached hydrogens (primary N) is 1. The van der Waals surface area contributed by atoms with Gasteiger partial charge in [-0.1, -0.05) is 24.7 Å². The number of rotatable bonds is 2. The molecule has 0 saturated carbocycles. The molecule has 2 rings (SSSR count). The van der Waals surface area contributed by atoms with Gasteiger partial charge < -0.3 is 5.73 Å². The summed E-state index contributed by atoms with van der Waals surface area (Å²) in [5.41, 5.74) is 5.68. The van der Waals surface area contributed by atoms with Crippen LogP contribution in [-0.2, 0) is 10.0 Å². The van der Waals surface area contributed by atoms with Crippen LogP contribution >= 0.6 is 0 Å². The lowest BCUT2D eigenvalue weighted by atomic mass is 10.2. The van der Waals surface area contributed by atoms with Crippen LogP contribution in [0.1, 0.15) is 31.2 Å². The van der Waals surface area contributed by atoms with Gasteiger partial charge in [0.05, 0.1) is 6.54 Å². The van der Waals surface area contributed by atoms with E-state index in [9.17, 15) is 12.8 Å². The van der Waals surface area contributed by atoms with Crippen LogP contribution in [0, 0.1) is 17.7 Å². The maximum atomic E-state index is 14.1. The molecule has 0 aliphatic carbocycles. The number of nitrogens with zero attached hydrogens (tertiary/aromatic N) is 1. The molecule has 1 aliphatic rings. The summed E-state index contributed by atoms with van der Waals surface area (Å²) >= 11 is 0. The van der Waals surface area contributed by atoms with Gasteiger partial charge in [0.15, 0.2) is 0 Å². The predicted octanol–water partition coefficient (Wildman–Crippen LogP) is 1.70. The summed E-state index contributed by atoms with van der Waals surface area (Å²) in [6, 6.07) is 3.94. The summed E-state index contributed by atoms with van der Waals surface area (Å²) in [5, 5.41) is 0. The standard InChI is InChI=1S/C15H19FN2O2S/c16-14-12-13(6-5-9-17)7-8-15(14)21(19,20)18-10-3-1-2-4-11-18/h7-8,12H,1-4,9-11,17H2. The van der Waals surface area contributed by atoms with Crippen molar-refractivity contribution in [3.8, 4) is 11.8 Å². The van der Waals surface area contributed by atoms with Gasteiger partial charge in [-0.15, -0.1) is 0 Å². The Hall–Kier alpha value is -1.42. The molecule has 0 bridgehead atoms. The van der Waals surface area contributed by atoms with Gasteiger partial charge in [-0.05, 0) is 31.0 Å². The molecule has 0 amide bonds. The van der Waals surface area contributed by atoms with E-state index >= 15 is 0 Å². The molecule has 114 valence electrons. The van der Waals surface area contributed by atoms with Crippen LogP contribution in [0.25, 0.3) is 0 Å². The van der Waals surface area contributed by atoms with Gasteiger partial charge in [0.25, 0.3) is 0 Å². The molecule has 4 nitrogen and oxygen atoms in total. The lowest BCUT2D eigenvalue weighted by molar-refractivity contribution is 0.419. The van der Waals surface area contributed by atoms with Gasteiger partial charge in [0.2, 0.25) is 10.0 Å². The summed E-state index contributed by atoms with van der Waals surface area (Å²) in [7, 11) is -3.77. The van der Waals surface area contributed by atoms with E-state index in [4.69, 9.17) is 5.73 Å². The topological polar surface area (TPSA) is 63.4 Å². The Morgan fingerprint density at radius 2 is 1.86 bits per heavy atom. The molecule has 1 aromatic rings. The van der Waals surface area contributed by atoms with Crippen molar-refractivity contribution in [1.29, 1.82) is 0 Å². The van der Waals surface area contributed by atoms with Crippen LogP contribution in [0.15, 0.2) is 23.1 Å². The zero-order chi connectivity index (χ0) is 15.3. The molecule has 0 atom stereocenters. The largest absolute Gasteiger partial charge is 0.320 e. The molecule has 1 fully saturated rings. The van der Waals surface area contributed by atoms with Crippen molar-refractivity contribution in [1.82, 2.24) is 4.31 Å². The normalized spacial score (nSPS) is 16.9. The summed E-state index contributed by atoms with van der Waals surface area (Å²) in [5.74, 6) is 4.54. The third-order valence-electron chi connectivity index (χ3n) is 3.45. The van der Waals surface area contributed by atoms with Crippen LogP contribution in [0.5, 0.6) is 0 Å². The number of halogens is 1. The van der Waals surface area contributed by atoms with E-state index in [2.05, 4.69) is 11.8 Å². The fourth-order valence-corrected chi connectivity index (χ4v) is 3.92. The van der Waals surface area contributed by atoms with Gasteiger partial charge in [0, 0.05) is 18.7 Å². The third kappa shape index (κ3) is 3.82. The molecule has 1 aliphatic heterocycles. The molecule has 2 N–H and O–H groups in total. The van der Waals surface area contributed by atoms with Gasteiger partial charge in [-0.3, -0.25) is 0 Å². The Balaban J connectivity index is 2.31. The molecule has 0 spiro atoms. The highest BCUT2D eigenvalue weighted by atomic mass is 32.2. The second-order valence-electron chi connectivity index (χ2n) is 4.97. The van der Waals surface area contributed by atoms with Crippen LogP contribution in [0.4, 0.5) is 4.39 Å². The Morgan fingerprint density at radius 1 is 1.19 bits per heavy atom. The molecule has 6 heteroatoms. The number of hydrogen-bond acceptors (Lipinski definition) is 3. The molecule has 0 unspecified atom stereocenters. The van der Waals surface area contributed by atoms with Crippen molar-refractivity contribution in [2.75, 3.05) is 19.6 Å². The molecule has 1 saturated heterocycles. The zero-order valence-electron chi connectivity index (χ0n) is 11.8. The lowest BCUT2D eigenvalue weighted by Crippen LogP contribution is -2.32. The first-order valence-corrected chi connectivity index (χ1v) is 8.48. The van der Waals surface area contributed by atoms with Crippen molar-refractivity contribution in [3.05, 3.63) is 29.6 Å². The van der Waals surface area contributed by atoms with Crippen molar-refractivity contribution >= 4 is 10.0 Å². The molecule has 0 aromatic heterocycles. The number of benzene rings is 1. The summed E-state index contributed by atoms with van der Waals surface area (Å²) in [6.45, 7) is 1.09. The maximum Gasteiger partial charge on any atom is 0.245 e. The fraction of sp³-hybridized carbons (Fsp3) is 0.467. The van der Waals surface area contributed by atoms with Crippen molar-refractivity contribution in [3.63, 3.8) is 0 Å². The minimum Gasteiger partial charge on any atom is -0.320 e. The second-order valence-corrected chi connectivity index (χ2v) is 6.88. The third-order valence-corrected chi connectivity index (χ3v) is 5.38. The molecule has 1 heterocycles. The van der Waals surface area contributed by atoms with Crippen molar-refractivity contribution in [2.45, 2.75) is 30.6 Å².